The molecule has 0 saturated heterocycles. The fourth-order valence-electron chi connectivity index (χ4n) is 4.02. The predicted molar refractivity (Wildman–Crippen MR) is 153 cm³/mol. The summed E-state index contributed by atoms with van der Waals surface area (Å²) in [5, 5.41) is 2.04. The van der Waals surface area contributed by atoms with Gasteiger partial charge in [-0.15, -0.1) is 35.5 Å². The molecule has 4 aromatic heterocycles. The van der Waals surface area contributed by atoms with E-state index in [-0.39, 0.29) is 0 Å². The molecule has 2 nitrogen and oxygen atoms in total. The van der Waals surface area contributed by atoms with Crippen molar-refractivity contribution in [3.8, 4) is 44.5 Å². The van der Waals surface area contributed by atoms with Crippen molar-refractivity contribution in [1.82, 2.24) is 9.97 Å². The molecule has 0 fully saturated rings. The third-order valence-electron chi connectivity index (χ3n) is 5.88. The zero-order valence-electron chi connectivity index (χ0n) is 19.9. The minimum atomic E-state index is 0.996. The van der Waals surface area contributed by atoms with Crippen LogP contribution in [0, 0.1) is 24.7 Å². The van der Waals surface area contributed by atoms with Gasteiger partial charge in [-0.1, -0.05) is 86.9 Å². The average Bonchev–Trinajstić information content (AvgIpc) is 3.60. The molecule has 4 heterocycles. The fraction of sp³-hybridized carbons (Fsp3) is 0.429. The van der Waals surface area contributed by atoms with Gasteiger partial charge in [0, 0.05) is 0 Å². The normalized spacial score (nSPS) is 11.2. The third kappa shape index (κ3) is 5.81. The summed E-state index contributed by atoms with van der Waals surface area (Å²) in [6.45, 7) is 4.48. The van der Waals surface area contributed by atoms with Crippen LogP contribution in [0.25, 0.3) is 29.4 Å². The summed E-state index contributed by atoms with van der Waals surface area (Å²) in [6, 6.07) is 4.50. The topological polar surface area (TPSA) is 25.8 Å². The Balaban J connectivity index is 1.51. The zero-order chi connectivity index (χ0) is 23.9. The highest BCUT2D eigenvalue weighted by atomic mass is 32.1. The zero-order valence-corrected chi connectivity index (χ0v) is 23.2. The van der Waals surface area contributed by atoms with Gasteiger partial charge in [-0.25, -0.2) is 9.97 Å². The Morgan fingerprint density at radius 3 is 1.47 bits per heavy atom. The Kier molecular flexibility index (Phi) is 8.98. The number of aromatic nitrogens is 2. The lowest BCUT2D eigenvalue weighted by Gasteiger charge is -1.98. The van der Waals surface area contributed by atoms with Crippen molar-refractivity contribution in [3.05, 3.63) is 33.0 Å². The first-order valence-corrected chi connectivity index (χ1v) is 15.4. The fourth-order valence-corrected chi connectivity index (χ4v) is 8.20. The molecule has 0 saturated carbocycles. The van der Waals surface area contributed by atoms with Crippen molar-refractivity contribution in [2.45, 2.75) is 78.1 Å². The maximum atomic E-state index is 5.80. The lowest BCUT2D eigenvalue weighted by atomic mass is 10.1. The molecule has 34 heavy (non-hydrogen) atoms. The number of thiophene rings is 2. The molecule has 0 aliphatic heterocycles. The largest absolute Gasteiger partial charge is 0.222 e. The van der Waals surface area contributed by atoms with Gasteiger partial charge < -0.3 is 0 Å². The Bertz CT molecular complexity index is 1190. The van der Waals surface area contributed by atoms with Crippen LogP contribution in [-0.4, -0.2) is 9.97 Å². The Morgan fingerprint density at radius 1 is 0.647 bits per heavy atom. The maximum absolute atomic E-state index is 5.80. The predicted octanol–water partition coefficient (Wildman–Crippen LogP) is 9.42. The number of aryl methyl sites for hydroxylation is 2. The van der Waals surface area contributed by atoms with Crippen LogP contribution in [0.5, 0.6) is 0 Å². The first kappa shape index (κ1) is 25.1. The molecule has 0 radical (unpaired) electrons. The van der Waals surface area contributed by atoms with Crippen LogP contribution in [0.1, 0.15) is 86.1 Å². The number of terminal acetylenes is 2. The maximum Gasteiger partial charge on any atom is 0.155 e. The van der Waals surface area contributed by atoms with Crippen LogP contribution in [-0.2, 0) is 12.8 Å². The quantitative estimate of drug-likeness (QED) is 0.137. The molecule has 0 spiro atoms. The standard InChI is InChI=1S/C28H30N2S4/c1-5-9-11-13-15-19-17-23(31-21(19)7-3)25-29-27-28(33-25)30-26(34-27)24-18-20(22(8-4)32-24)16-14-12-10-6-2/h3-4,17-18H,5-6,9-16H2,1-2H3. The molecule has 0 aromatic carbocycles. The minimum Gasteiger partial charge on any atom is -0.222 e. The number of hydrogen-bond donors (Lipinski definition) is 0. The van der Waals surface area contributed by atoms with E-state index in [2.05, 4.69) is 37.8 Å². The van der Waals surface area contributed by atoms with E-state index in [1.54, 1.807) is 45.3 Å². The minimum absolute atomic E-state index is 0.996. The lowest BCUT2D eigenvalue weighted by Crippen LogP contribution is -1.85. The highest BCUT2D eigenvalue weighted by molar-refractivity contribution is 7.32. The van der Waals surface area contributed by atoms with E-state index in [1.807, 2.05) is 0 Å². The van der Waals surface area contributed by atoms with E-state index in [0.29, 0.717) is 0 Å². The van der Waals surface area contributed by atoms with Gasteiger partial charge in [-0.2, -0.15) is 0 Å². The van der Waals surface area contributed by atoms with Gasteiger partial charge in [0.15, 0.2) is 9.66 Å². The van der Waals surface area contributed by atoms with Crippen LogP contribution < -0.4 is 0 Å². The molecular weight excluding hydrogens is 493 g/mol. The van der Waals surface area contributed by atoms with Crippen LogP contribution >= 0.6 is 45.3 Å². The van der Waals surface area contributed by atoms with E-state index in [0.717, 1.165) is 52.0 Å². The van der Waals surface area contributed by atoms with Gasteiger partial charge >= 0.3 is 0 Å². The third-order valence-corrected chi connectivity index (χ3v) is 10.5. The Morgan fingerprint density at radius 2 is 1.09 bits per heavy atom. The van der Waals surface area contributed by atoms with Gasteiger partial charge in [-0.3, -0.25) is 0 Å². The van der Waals surface area contributed by atoms with E-state index in [9.17, 15) is 0 Å². The summed E-state index contributed by atoms with van der Waals surface area (Å²) in [5.74, 6) is 5.77. The Hall–Kier alpha value is -1.96. The molecule has 4 aromatic rings. The number of thiazole rings is 2. The second kappa shape index (κ2) is 12.1. The average molecular weight is 523 g/mol. The Labute approximate surface area is 219 Å². The first-order valence-electron chi connectivity index (χ1n) is 12.1. The first-order chi connectivity index (χ1) is 16.7. The van der Waals surface area contributed by atoms with Crippen molar-refractivity contribution < 1.29 is 0 Å². The van der Waals surface area contributed by atoms with Gasteiger partial charge in [0.25, 0.3) is 0 Å². The van der Waals surface area contributed by atoms with Gasteiger partial charge in [0.1, 0.15) is 10.0 Å². The summed E-state index contributed by atoms with van der Waals surface area (Å²) in [5.41, 5.74) is 2.58. The summed E-state index contributed by atoms with van der Waals surface area (Å²) < 4.78 is 0. The van der Waals surface area contributed by atoms with E-state index in [4.69, 9.17) is 22.8 Å². The summed E-state index contributed by atoms with van der Waals surface area (Å²) >= 11 is 6.69. The van der Waals surface area contributed by atoms with Crippen LogP contribution in [0.15, 0.2) is 12.1 Å². The molecule has 0 bridgehead atoms. The SMILES string of the molecule is C#Cc1sc(-c2nc3sc(-c4cc(CCCCCC)c(C#C)s4)nc3s2)cc1CCCCCC. The number of fused-ring (bicyclic) bond motifs is 1. The number of hydrogen-bond acceptors (Lipinski definition) is 6. The lowest BCUT2D eigenvalue weighted by molar-refractivity contribution is 0.667. The highest BCUT2D eigenvalue weighted by Gasteiger charge is 2.18. The monoisotopic (exact) mass is 522 g/mol. The molecule has 0 aliphatic rings. The van der Waals surface area contributed by atoms with Crippen molar-refractivity contribution in [3.63, 3.8) is 0 Å². The summed E-state index contributed by atoms with van der Waals surface area (Å²) in [6.07, 6.45) is 23.7. The van der Waals surface area contributed by atoms with Crippen molar-refractivity contribution in [2.75, 3.05) is 0 Å². The van der Waals surface area contributed by atoms with E-state index in [1.165, 1.54) is 62.5 Å². The highest BCUT2D eigenvalue weighted by Crippen LogP contribution is 2.42. The van der Waals surface area contributed by atoms with Crippen molar-refractivity contribution in [2.24, 2.45) is 0 Å². The van der Waals surface area contributed by atoms with Crippen LogP contribution in [0.2, 0.25) is 0 Å². The van der Waals surface area contributed by atoms with Gasteiger partial charge in [-0.05, 0) is 48.9 Å². The van der Waals surface area contributed by atoms with Gasteiger partial charge in [0.2, 0.25) is 0 Å². The molecular formula is C28H30N2S4. The molecule has 0 aliphatic carbocycles. The molecule has 4 rings (SSSR count). The molecule has 6 heteroatoms. The number of rotatable bonds is 12. The smallest absolute Gasteiger partial charge is 0.155 e. The van der Waals surface area contributed by atoms with Crippen molar-refractivity contribution in [1.29, 1.82) is 0 Å². The van der Waals surface area contributed by atoms with E-state index >= 15 is 0 Å². The van der Waals surface area contributed by atoms with Crippen LogP contribution in [0.3, 0.4) is 0 Å². The summed E-state index contributed by atoms with van der Waals surface area (Å²) in [4.78, 5) is 16.3. The second-order valence-electron chi connectivity index (χ2n) is 8.49. The molecule has 0 N–H and O–H groups in total. The van der Waals surface area contributed by atoms with Crippen LogP contribution in [0.4, 0.5) is 0 Å². The number of nitrogens with zero attached hydrogens (tertiary/aromatic N) is 2. The summed E-state index contributed by atoms with van der Waals surface area (Å²) in [7, 11) is 0. The molecule has 0 amide bonds. The molecule has 0 atom stereocenters. The molecule has 176 valence electrons. The molecule has 0 unspecified atom stereocenters. The van der Waals surface area contributed by atoms with Crippen molar-refractivity contribution >= 4 is 55.0 Å². The van der Waals surface area contributed by atoms with Gasteiger partial charge in [0.05, 0.1) is 19.5 Å². The van der Waals surface area contributed by atoms with E-state index < -0.39 is 0 Å². The second-order valence-corrected chi connectivity index (χ2v) is 12.5. The number of unbranched alkanes of at least 4 members (excludes halogenated alkanes) is 6.